The van der Waals surface area contributed by atoms with E-state index < -0.39 is 17.5 Å². The third-order valence-electron chi connectivity index (χ3n) is 2.82. The van der Waals surface area contributed by atoms with Gasteiger partial charge in [-0.2, -0.15) is 0 Å². The van der Waals surface area contributed by atoms with Crippen molar-refractivity contribution in [1.82, 2.24) is 10.5 Å². The minimum absolute atomic E-state index is 0.0469. The molecule has 0 unspecified atom stereocenters. The van der Waals surface area contributed by atoms with Gasteiger partial charge < -0.3 is 14.6 Å². The number of aromatic nitrogens is 1. The molecule has 0 fully saturated rings. The zero-order valence-electron chi connectivity index (χ0n) is 12.6. The predicted molar refractivity (Wildman–Crippen MR) is 79.8 cm³/mol. The summed E-state index contributed by atoms with van der Waals surface area (Å²) in [5, 5.41) is 6.16. The van der Waals surface area contributed by atoms with Crippen LogP contribution in [0.2, 0.25) is 0 Å². The minimum atomic E-state index is -0.653. The highest BCUT2D eigenvalue weighted by Crippen LogP contribution is 2.23. The van der Waals surface area contributed by atoms with Crippen LogP contribution in [-0.4, -0.2) is 30.8 Å². The summed E-state index contributed by atoms with van der Waals surface area (Å²) in [6, 6.07) is 4.22. The molecule has 1 aromatic heterocycles. The van der Waals surface area contributed by atoms with Crippen LogP contribution in [0.1, 0.15) is 17.5 Å². The van der Waals surface area contributed by atoms with Crippen molar-refractivity contribution in [3.8, 4) is 11.3 Å². The molecule has 0 aliphatic rings. The van der Waals surface area contributed by atoms with Crippen molar-refractivity contribution in [2.75, 3.05) is 19.8 Å². The number of amides is 1. The molecule has 0 aliphatic carbocycles. The molecule has 0 saturated heterocycles. The van der Waals surface area contributed by atoms with Crippen LogP contribution in [0.3, 0.4) is 0 Å². The van der Waals surface area contributed by atoms with E-state index in [9.17, 15) is 13.6 Å². The van der Waals surface area contributed by atoms with E-state index in [0.717, 1.165) is 23.8 Å². The predicted octanol–water partition coefficient (Wildman–Crippen LogP) is 2.94. The van der Waals surface area contributed by atoms with Gasteiger partial charge >= 0.3 is 0 Å². The Balaban J connectivity index is 1.95. The van der Waals surface area contributed by atoms with Gasteiger partial charge in [0.05, 0.1) is 13.2 Å². The van der Waals surface area contributed by atoms with Crippen LogP contribution in [0.15, 0.2) is 40.9 Å². The molecule has 0 spiro atoms. The molecule has 122 valence electrons. The van der Waals surface area contributed by atoms with Gasteiger partial charge in [0.1, 0.15) is 17.3 Å². The number of nitrogens with one attached hydrogen (secondary N) is 1. The number of carbonyl (C=O) groups is 1. The molecule has 5 nitrogen and oxygen atoms in total. The van der Waals surface area contributed by atoms with Crippen molar-refractivity contribution >= 4 is 5.91 Å². The summed E-state index contributed by atoms with van der Waals surface area (Å²) in [5.41, 5.74) is 0.858. The van der Waals surface area contributed by atoms with Crippen molar-refractivity contribution in [2.45, 2.75) is 6.92 Å². The summed E-state index contributed by atoms with van der Waals surface area (Å²) < 4.78 is 36.9. The van der Waals surface area contributed by atoms with Gasteiger partial charge in [-0.3, -0.25) is 4.79 Å². The van der Waals surface area contributed by atoms with Crippen molar-refractivity contribution < 1.29 is 22.8 Å². The lowest BCUT2D eigenvalue weighted by molar-refractivity contribution is 0.0891. The van der Waals surface area contributed by atoms with Crippen LogP contribution < -0.4 is 5.32 Å². The van der Waals surface area contributed by atoms with Crippen molar-refractivity contribution in [1.29, 1.82) is 0 Å². The number of hydrogen-bond donors (Lipinski definition) is 1. The number of hydrogen-bond acceptors (Lipinski definition) is 4. The lowest BCUT2D eigenvalue weighted by Gasteiger charge is -2.04. The standard InChI is InChI=1S/C16H16F2N2O3/c1-10(2)9-22-6-5-19-16(21)15-8-14(20-23-15)12-7-11(17)3-4-13(12)18/h3-4,7-8H,1,5-6,9H2,2H3,(H,19,21). The Bertz CT molecular complexity index is 713. The Hall–Kier alpha value is -2.54. The first-order valence-electron chi connectivity index (χ1n) is 6.90. The van der Waals surface area contributed by atoms with E-state index in [2.05, 4.69) is 17.1 Å². The second-order valence-corrected chi connectivity index (χ2v) is 4.97. The highest BCUT2D eigenvalue weighted by Gasteiger charge is 2.16. The quantitative estimate of drug-likeness (QED) is 0.629. The summed E-state index contributed by atoms with van der Waals surface area (Å²) >= 11 is 0. The maximum atomic E-state index is 13.6. The Morgan fingerprint density at radius 2 is 2.17 bits per heavy atom. The molecule has 1 amide bonds. The Labute approximate surface area is 131 Å². The fourth-order valence-electron chi connectivity index (χ4n) is 1.77. The highest BCUT2D eigenvalue weighted by atomic mass is 19.1. The molecule has 2 rings (SSSR count). The average Bonchev–Trinajstić information content (AvgIpc) is 2.98. The minimum Gasteiger partial charge on any atom is -0.375 e. The van der Waals surface area contributed by atoms with Crippen LogP contribution >= 0.6 is 0 Å². The lowest BCUT2D eigenvalue weighted by Crippen LogP contribution is -2.27. The van der Waals surface area contributed by atoms with Gasteiger partial charge in [-0.05, 0) is 25.1 Å². The summed E-state index contributed by atoms with van der Waals surface area (Å²) in [6.45, 7) is 6.53. The van der Waals surface area contributed by atoms with Crippen LogP contribution in [0, 0.1) is 11.6 Å². The van der Waals surface area contributed by atoms with Crippen LogP contribution in [0.5, 0.6) is 0 Å². The molecule has 23 heavy (non-hydrogen) atoms. The van der Waals surface area contributed by atoms with Gasteiger partial charge in [-0.1, -0.05) is 17.3 Å². The maximum Gasteiger partial charge on any atom is 0.289 e. The van der Waals surface area contributed by atoms with Crippen molar-refractivity contribution in [3.05, 3.63) is 53.8 Å². The van der Waals surface area contributed by atoms with E-state index in [1.54, 1.807) is 0 Å². The fourth-order valence-corrected chi connectivity index (χ4v) is 1.77. The van der Waals surface area contributed by atoms with Crippen LogP contribution in [0.25, 0.3) is 11.3 Å². The summed E-state index contributed by atoms with van der Waals surface area (Å²) in [7, 11) is 0. The van der Waals surface area contributed by atoms with E-state index in [0.29, 0.717) is 13.2 Å². The summed E-state index contributed by atoms with van der Waals surface area (Å²) in [5.74, 6) is -1.87. The Morgan fingerprint density at radius 3 is 2.91 bits per heavy atom. The first-order valence-corrected chi connectivity index (χ1v) is 6.90. The molecule has 0 saturated carbocycles. The smallest absolute Gasteiger partial charge is 0.289 e. The van der Waals surface area contributed by atoms with Crippen molar-refractivity contribution in [3.63, 3.8) is 0 Å². The van der Waals surface area contributed by atoms with Gasteiger partial charge in [0.25, 0.3) is 5.91 Å². The lowest BCUT2D eigenvalue weighted by atomic mass is 10.1. The Morgan fingerprint density at radius 1 is 1.39 bits per heavy atom. The molecule has 1 aromatic carbocycles. The van der Waals surface area contributed by atoms with Crippen LogP contribution in [-0.2, 0) is 4.74 Å². The number of nitrogens with zero attached hydrogens (tertiary/aromatic N) is 1. The van der Waals surface area contributed by atoms with Gasteiger partial charge in [0, 0.05) is 18.2 Å². The molecule has 1 N–H and O–H groups in total. The number of rotatable bonds is 7. The summed E-state index contributed by atoms with van der Waals surface area (Å²) in [4.78, 5) is 11.9. The molecule has 0 bridgehead atoms. The van der Waals surface area contributed by atoms with E-state index in [1.165, 1.54) is 6.07 Å². The van der Waals surface area contributed by atoms with E-state index >= 15 is 0 Å². The first-order chi connectivity index (χ1) is 11.0. The summed E-state index contributed by atoms with van der Waals surface area (Å²) in [6.07, 6.45) is 0. The molecule has 1 heterocycles. The molecule has 0 atom stereocenters. The number of halogens is 2. The topological polar surface area (TPSA) is 64.4 Å². The normalized spacial score (nSPS) is 10.6. The second-order valence-electron chi connectivity index (χ2n) is 4.97. The van der Waals surface area contributed by atoms with Crippen LogP contribution in [0.4, 0.5) is 8.78 Å². The third kappa shape index (κ3) is 4.72. The van der Waals surface area contributed by atoms with Gasteiger partial charge in [0.2, 0.25) is 5.76 Å². The van der Waals surface area contributed by atoms with Gasteiger partial charge in [-0.15, -0.1) is 0 Å². The number of ether oxygens (including phenoxy) is 1. The molecule has 0 aliphatic heterocycles. The number of benzene rings is 1. The molecule has 2 aromatic rings. The average molecular weight is 322 g/mol. The SMILES string of the molecule is C=C(C)COCCNC(=O)c1cc(-c2cc(F)ccc2F)no1. The third-order valence-corrected chi connectivity index (χ3v) is 2.82. The zero-order chi connectivity index (χ0) is 16.8. The highest BCUT2D eigenvalue weighted by molar-refractivity contribution is 5.92. The number of carbonyl (C=O) groups excluding carboxylic acids is 1. The Kier molecular flexibility index (Phi) is 5.59. The molecule has 7 heteroatoms. The zero-order valence-corrected chi connectivity index (χ0v) is 12.6. The monoisotopic (exact) mass is 322 g/mol. The van der Waals surface area contributed by atoms with Crippen molar-refractivity contribution in [2.24, 2.45) is 0 Å². The van der Waals surface area contributed by atoms with Gasteiger partial charge in [0.15, 0.2) is 0 Å². The van der Waals surface area contributed by atoms with E-state index in [4.69, 9.17) is 9.26 Å². The van der Waals surface area contributed by atoms with E-state index in [-0.39, 0.29) is 23.6 Å². The fraction of sp³-hybridized carbons (Fsp3) is 0.250. The second kappa shape index (κ2) is 7.64. The van der Waals surface area contributed by atoms with Gasteiger partial charge in [-0.25, -0.2) is 8.78 Å². The van der Waals surface area contributed by atoms with E-state index in [1.807, 2.05) is 6.92 Å². The molecular weight excluding hydrogens is 306 g/mol. The first kappa shape index (κ1) is 16.8. The maximum absolute atomic E-state index is 13.6. The largest absolute Gasteiger partial charge is 0.375 e. The molecule has 0 radical (unpaired) electrons. The molecular formula is C16H16F2N2O3.